The first-order valence-corrected chi connectivity index (χ1v) is 11.6. The molecule has 3 aromatic rings. The number of nitrogens with zero attached hydrogens (tertiary/aromatic N) is 1. The molecular weight excluding hydrogens is 453 g/mol. The van der Waals surface area contributed by atoms with E-state index in [-0.39, 0.29) is 21.2 Å². The van der Waals surface area contributed by atoms with Gasteiger partial charge in [-0.05, 0) is 67.7 Å². The normalized spacial score (nSPS) is 11.4. The molecule has 9 heteroatoms. The van der Waals surface area contributed by atoms with Crippen LogP contribution in [0.3, 0.4) is 0 Å². The molecule has 32 heavy (non-hydrogen) atoms. The van der Waals surface area contributed by atoms with Crippen molar-refractivity contribution in [3.8, 4) is 0 Å². The molecule has 0 spiro atoms. The SMILES string of the molecule is CN(C)Cc1ccc(CNC(=O)c2ccc(Cl)c(S(=O)(=O)Nc3ccc(F)cc3)c2)cc1. The van der Waals surface area contributed by atoms with E-state index >= 15 is 0 Å². The maximum absolute atomic E-state index is 13.1. The number of halogens is 2. The van der Waals surface area contributed by atoms with Crippen LogP contribution in [0.15, 0.2) is 71.6 Å². The van der Waals surface area contributed by atoms with Crippen LogP contribution in [0, 0.1) is 5.82 Å². The molecule has 0 saturated carbocycles. The lowest BCUT2D eigenvalue weighted by molar-refractivity contribution is 0.0950. The number of benzene rings is 3. The van der Waals surface area contributed by atoms with Crippen LogP contribution in [0.25, 0.3) is 0 Å². The van der Waals surface area contributed by atoms with Gasteiger partial charge in [-0.1, -0.05) is 35.9 Å². The van der Waals surface area contributed by atoms with Crippen molar-refractivity contribution >= 4 is 33.2 Å². The summed E-state index contributed by atoms with van der Waals surface area (Å²) >= 11 is 6.09. The van der Waals surface area contributed by atoms with Gasteiger partial charge >= 0.3 is 0 Å². The highest BCUT2D eigenvalue weighted by molar-refractivity contribution is 7.92. The first-order valence-electron chi connectivity index (χ1n) is 9.73. The molecular formula is C23H23ClFN3O3S. The maximum atomic E-state index is 13.1. The molecule has 0 aromatic heterocycles. The first kappa shape index (κ1) is 23.7. The molecule has 0 fully saturated rings. The monoisotopic (exact) mass is 475 g/mol. The lowest BCUT2D eigenvalue weighted by Gasteiger charge is -2.12. The zero-order valence-corrected chi connectivity index (χ0v) is 19.2. The predicted octanol–water partition coefficient (Wildman–Crippen LogP) is 4.27. The van der Waals surface area contributed by atoms with E-state index in [0.717, 1.165) is 29.8 Å². The molecule has 0 saturated heterocycles. The molecule has 0 radical (unpaired) electrons. The smallest absolute Gasteiger partial charge is 0.263 e. The number of hydrogen-bond acceptors (Lipinski definition) is 4. The summed E-state index contributed by atoms with van der Waals surface area (Å²) < 4.78 is 40.9. The summed E-state index contributed by atoms with van der Waals surface area (Å²) in [6, 6.07) is 16.7. The van der Waals surface area contributed by atoms with Crippen molar-refractivity contribution in [2.45, 2.75) is 18.0 Å². The molecule has 168 valence electrons. The highest BCUT2D eigenvalue weighted by Crippen LogP contribution is 2.25. The zero-order valence-electron chi connectivity index (χ0n) is 17.6. The van der Waals surface area contributed by atoms with Crippen molar-refractivity contribution in [3.63, 3.8) is 0 Å². The van der Waals surface area contributed by atoms with E-state index in [1.807, 2.05) is 38.4 Å². The van der Waals surface area contributed by atoms with E-state index < -0.39 is 21.7 Å². The maximum Gasteiger partial charge on any atom is 0.263 e. The van der Waals surface area contributed by atoms with Crippen molar-refractivity contribution in [2.24, 2.45) is 0 Å². The van der Waals surface area contributed by atoms with Crippen LogP contribution < -0.4 is 10.0 Å². The van der Waals surface area contributed by atoms with Gasteiger partial charge in [0.1, 0.15) is 10.7 Å². The average Bonchev–Trinajstić information content (AvgIpc) is 2.74. The highest BCUT2D eigenvalue weighted by atomic mass is 35.5. The van der Waals surface area contributed by atoms with Gasteiger partial charge in [0.15, 0.2) is 0 Å². The topological polar surface area (TPSA) is 78.5 Å². The van der Waals surface area contributed by atoms with E-state index in [1.165, 1.54) is 30.3 Å². The predicted molar refractivity (Wildman–Crippen MR) is 124 cm³/mol. The minimum absolute atomic E-state index is 0.0346. The van der Waals surface area contributed by atoms with Crippen LogP contribution >= 0.6 is 11.6 Å². The molecule has 3 rings (SSSR count). The molecule has 0 atom stereocenters. The summed E-state index contributed by atoms with van der Waals surface area (Å²) in [7, 11) is -0.103. The van der Waals surface area contributed by atoms with Gasteiger partial charge in [-0.15, -0.1) is 0 Å². The molecule has 0 aliphatic carbocycles. The molecule has 0 bridgehead atoms. The van der Waals surface area contributed by atoms with Gasteiger partial charge in [-0.2, -0.15) is 0 Å². The highest BCUT2D eigenvalue weighted by Gasteiger charge is 2.20. The number of sulfonamides is 1. The van der Waals surface area contributed by atoms with Gasteiger partial charge < -0.3 is 10.2 Å². The molecule has 0 heterocycles. The summed E-state index contributed by atoms with van der Waals surface area (Å²) in [5, 5.41) is 2.75. The average molecular weight is 476 g/mol. The fraction of sp³-hybridized carbons (Fsp3) is 0.174. The second-order valence-corrected chi connectivity index (χ2v) is 9.55. The van der Waals surface area contributed by atoms with E-state index in [0.29, 0.717) is 6.54 Å². The second kappa shape index (κ2) is 10.1. The van der Waals surface area contributed by atoms with E-state index in [9.17, 15) is 17.6 Å². The number of anilines is 1. The molecule has 1 amide bonds. The van der Waals surface area contributed by atoms with Gasteiger partial charge in [0.25, 0.3) is 15.9 Å². The van der Waals surface area contributed by atoms with E-state index in [4.69, 9.17) is 11.6 Å². The molecule has 3 aromatic carbocycles. The summed E-state index contributed by atoms with van der Waals surface area (Å²) in [4.78, 5) is 14.4. The third kappa shape index (κ3) is 6.29. The van der Waals surface area contributed by atoms with Crippen molar-refractivity contribution in [1.82, 2.24) is 10.2 Å². The molecule has 2 N–H and O–H groups in total. The van der Waals surface area contributed by atoms with Crippen LogP contribution in [0.4, 0.5) is 10.1 Å². The summed E-state index contributed by atoms with van der Waals surface area (Å²) in [6.07, 6.45) is 0. The molecule has 0 unspecified atom stereocenters. The number of hydrogen-bond donors (Lipinski definition) is 2. The Balaban J connectivity index is 1.71. The molecule has 0 aliphatic heterocycles. The molecule has 0 aliphatic rings. The number of rotatable bonds is 8. The van der Waals surface area contributed by atoms with Gasteiger partial charge in [0.2, 0.25) is 0 Å². The summed E-state index contributed by atoms with van der Waals surface area (Å²) in [6.45, 7) is 1.11. The Morgan fingerprint density at radius 3 is 2.22 bits per heavy atom. The van der Waals surface area contributed by atoms with E-state index in [2.05, 4.69) is 14.9 Å². The van der Waals surface area contributed by atoms with Gasteiger partial charge in [0, 0.05) is 24.3 Å². The standard InChI is InChI=1S/C23H23ClFN3O3S/c1-28(2)15-17-5-3-16(4-6-17)14-26-23(29)18-7-12-21(24)22(13-18)32(30,31)27-20-10-8-19(25)9-11-20/h3-13,27H,14-15H2,1-2H3,(H,26,29). The summed E-state index contributed by atoms with van der Waals surface area (Å²) in [5.74, 6) is -0.922. The quantitative estimate of drug-likeness (QED) is 0.510. The first-order chi connectivity index (χ1) is 15.1. The van der Waals surface area contributed by atoms with Crippen LogP contribution in [-0.4, -0.2) is 33.3 Å². The lowest BCUT2D eigenvalue weighted by Crippen LogP contribution is -2.23. The van der Waals surface area contributed by atoms with Gasteiger partial charge in [0.05, 0.1) is 5.02 Å². The van der Waals surface area contributed by atoms with Gasteiger partial charge in [-0.25, -0.2) is 12.8 Å². The number of carbonyl (C=O) groups is 1. The Morgan fingerprint density at radius 1 is 0.969 bits per heavy atom. The van der Waals surface area contributed by atoms with Gasteiger partial charge in [-0.3, -0.25) is 9.52 Å². The minimum Gasteiger partial charge on any atom is -0.348 e. The Morgan fingerprint density at radius 2 is 1.59 bits per heavy atom. The Kier molecular flexibility index (Phi) is 7.50. The third-order valence-electron chi connectivity index (χ3n) is 4.55. The fourth-order valence-electron chi connectivity index (χ4n) is 2.99. The number of amides is 1. The zero-order chi connectivity index (χ0) is 23.3. The van der Waals surface area contributed by atoms with Crippen LogP contribution in [0.1, 0.15) is 21.5 Å². The lowest BCUT2D eigenvalue weighted by atomic mass is 10.1. The largest absolute Gasteiger partial charge is 0.348 e. The van der Waals surface area contributed by atoms with Crippen molar-refractivity contribution in [2.75, 3.05) is 18.8 Å². The molecule has 6 nitrogen and oxygen atoms in total. The van der Waals surface area contributed by atoms with Crippen LogP contribution in [-0.2, 0) is 23.1 Å². The Hall–Kier alpha value is -2.94. The van der Waals surface area contributed by atoms with E-state index in [1.54, 1.807) is 0 Å². The minimum atomic E-state index is -4.08. The van der Waals surface area contributed by atoms with Crippen molar-refractivity contribution in [1.29, 1.82) is 0 Å². The van der Waals surface area contributed by atoms with Crippen LogP contribution in [0.2, 0.25) is 5.02 Å². The van der Waals surface area contributed by atoms with Crippen molar-refractivity contribution < 1.29 is 17.6 Å². The fourth-order valence-corrected chi connectivity index (χ4v) is 4.58. The third-order valence-corrected chi connectivity index (χ3v) is 6.42. The second-order valence-electron chi connectivity index (χ2n) is 7.49. The number of nitrogens with one attached hydrogen (secondary N) is 2. The Bertz CT molecular complexity index is 1200. The number of carbonyl (C=O) groups excluding carboxylic acids is 1. The Labute approximate surface area is 192 Å². The van der Waals surface area contributed by atoms with Crippen LogP contribution in [0.5, 0.6) is 0 Å². The summed E-state index contributed by atoms with van der Waals surface area (Å²) in [5.41, 5.74) is 2.40. The van der Waals surface area contributed by atoms with Crippen molar-refractivity contribution in [3.05, 3.63) is 94.3 Å².